The Hall–Kier alpha value is -3.21. The minimum atomic E-state index is -0.732. The highest BCUT2D eigenvalue weighted by molar-refractivity contribution is 7.10. The molecular weight excluding hydrogens is 462 g/mol. The van der Waals surface area contributed by atoms with Crippen molar-refractivity contribution in [2.75, 3.05) is 19.8 Å². The van der Waals surface area contributed by atoms with Crippen molar-refractivity contribution in [2.45, 2.75) is 45.1 Å². The molecule has 1 aromatic rings. The maximum Gasteiger partial charge on any atom is 0.338 e. The van der Waals surface area contributed by atoms with Gasteiger partial charge in [-0.15, -0.1) is 11.3 Å². The molecule has 10 nitrogen and oxygen atoms in total. The monoisotopic (exact) mass is 489 g/mol. The average Bonchev–Trinajstić information content (AvgIpc) is 3.44. The van der Waals surface area contributed by atoms with Gasteiger partial charge in [0.25, 0.3) is 0 Å². The number of imide groups is 1. The van der Waals surface area contributed by atoms with Crippen LogP contribution in [0.15, 0.2) is 28.8 Å². The van der Waals surface area contributed by atoms with Gasteiger partial charge in [0, 0.05) is 11.4 Å². The second-order valence-corrected chi connectivity index (χ2v) is 9.38. The molecule has 182 valence electrons. The van der Waals surface area contributed by atoms with Crippen molar-refractivity contribution in [1.29, 1.82) is 0 Å². The summed E-state index contributed by atoms with van der Waals surface area (Å²) in [7, 11) is 0. The van der Waals surface area contributed by atoms with E-state index in [9.17, 15) is 24.0 Å². The number of hydrogen-bond acceptors (Lipinski definition) is 8. The standard InChI is InChI=1S/C23H27N3O7S/c1-2-32-22(30)18-15(24-23(31)25-19(18)16-8-5-11-34-16)12-33-17(27)9-10-26-20(28)13-6-3-4-7-14(13)21(26)29/h5,8,11,13-14,19H,2-4,6-7,9-10,12H2,1H3,(H2,24,25,31)/t13-,14+,19-/m1/s1. The molecule has 1 aromatic heterocycles. The van der Waals surface area contributed by atoms with E-state index >= 15 is 0 Å². The highest BCUT2D eigenvalue weighted by Gasteiger charge is 2.47. The van der Waals surface area contributed by atoms with E-state index in [1.807, 2.05) is 5.38 Å². The van der Waals surface area contributed by atoms with Gasteiger partial charge >= 0.3 is 18.0 Å². The van der Waals surface area contributed by atoms with E-state index < -0.39 is 24.0 Å². The number of likely N-dealkylation sites (tertiary alicyclic amines) is 1. The van der Waals surface area contributed by atoms with Crippen LogP contribution < -0.4 is 10.6 Å². The van der Waals surface area contributed by atoms with Crippen molar-refractivity contribution < 1.29 is 33.4 Å². The van der Waals surface area contributed by atoms with Gasteiger partial charge in [-0.3, -0.25) is 19.3 Å². The van der Waals surface area contributed by atoms with Crippen molar-refractivity contribution in [3.63, 3.8) is 0 Å². The van der Waals surface area contributed by atoms with Gasteiger partial charge in [-0.05, 0) is 31.2 Å². The number of carbonyl (C=O) groups is 5. The van der Waals surface area contributed by atoms with Crippen LogP contribution in [0.4, 0.5) is 4.79 Å². The van der Waals surface area contributed by atoms with Crippen molar-refractivity contribution in [3.05, 3.63) is 33.7 Å². The van der Waals surface area contributed by atoms with Gasteiger partial charge < -0.3 is 20.1 Å². The second-order valence-electron chi connectivity index (χ2n) is 8.40. The summed E-state index contributed by atoms with van der Waals surface area (Å²) < 4.78 is 10.5. The first-order chi connectivity index (χ1) is 16.4. The minimum absolute atomic E-state index is 0.0426. The van der Waals surface area contributed by atoms with Gasteiger partial charge in [0.05, 0.1) is 42.2 Å². The summed E-state index contributed by atoms with van der Waals surface area (Å²) in [5.41, 5.74) is 0.291. The number of thiophene rings is 1. The molecule has 34 heavy (non-hydrogen) atoms. The zero-order chi connectivity index (χ0) is 24.2. The molecule has 11 heteroatoms. The molecule has 0 radical (unpaired) electrons. The van der Waals surface area contributed by atoms with E-state index in [0.717, 1.165) is 17.7 Å². The average molecular weight is 490 g/mol. The molecule has 0 unspecified atom stereocenters. The first-order valence-electron chi connectivity index (χ1n) is 11.4. The molecule has 0 spiro atoms. The van der Waals surface area contributed by atoms with E-state index in [1.165, 1.54) is 16.2 Å². The van der Waals surface area contributed by atoms with Gasteiger partial charge in [0.15, 0.2) is 0 Å². The molecule has 1 saturated heterocycles. The van der Waals surface area contributed by atoms with Gasteiger partial charge in [-0.2, -0.15) is 0 Å². The van der Waals surface area contributed by atoms with Gasteiger partial charge in [-0.25, -0.2) is 9.59 Å². The summed E-state index contributed by atoms with van der Waals surface area (Å²) in [5, 5.41) is 7.06. The zero-order valence-corrected chi connectivity index (χ0v) is 19.7. The molecule has 1 aliphatic carbocycles. The first kappa shape index (κ1) is 23.9. The van der Waals surface area contributed by atoms with Crippen molar-refractivity contribution >= 4 is 41.1 Å². The zero-order valence-electron chi connectivity index (χ0n) is 18.8. The molecule has 2 aliphatic heterocycles. The number of esters is 2. The summed E-state index contributed by atoms with van der Waals surface area (Å²) in [5.74, 6) is -2.23. The van der Waals surface area contributed by atoms with Crippen LogP contribution in [-0.2, 0) is 28.7 Å². The smallest absolute Gasteiger partial charge is 0.338 e. The van der Waals surface area contributed by atoms with Crippen LogP contribution in [0.5, 0.6) is 0 Å². The lowest BCUT2D eigenvalue weighted by Gasteiger charge is -2.28. The van der Waals surface area contributed by atoms with Crippen LogP contribution in [0.25, 0.3) is 0 Å². The van der Waals surface area contributed by atoms with Crippen LogP contribution in [0.2, 0.25) is 0 Å². The van der Waals surface area contributed by atoms with E-state index in [-0.39, 0.29) is 61.1 Å². The molecule has 0 bridgehead atoms. The van der Waals surface area contributed by atoms with Crippen LogP contribution in [-0.4, -0.2) is 54.4 Å². The summed E-state index contributed by atoms with van der Waals surface area (Å²) in [4.78, 5) is 64.4. The van der Waals surface area contributed by atoms with E-state index in [1.54, 1.807) is 19.1 Å². The fourth-order valence-electron chi connectivity index (χ4n) is 4.73. The quantitative estimate of drug-likeness (QED) is 0.422. The summed E-state index contributed by atoms with van der Waals surface area (Å²) >= 11 is 1.37. The Kier molecular flexibility index (Phi) is 7.30. The van der Waals surface area contributed by atoms with Gasteiger partial charge in [0.2, 0.25) is 11.8 Å². The number of rotatable bonds is 8. The molecule has 4 amide bonds. The maximum absolute atomic E-state index is 12.7. The lowest BCUT2D eigenvalue weighted by atomic mass is 9.81. The first-order valence-corrected chi connectivity index (χ1v) is 12.3. The summed E-state index contributed by atoms with van der Waals surface area (Å²) in [6.07, 6.45) is 3.11. The Bertz CT molecular complexity index is 996. The fraction of sp³-hybridized carbons (Fsp3) is 0.522. The van der Waals surface area contributed by atoms with Crippen molar-refractivity contribution in [2.24, 2.45) is 11.8 Å². The number of urea groups is 1. The molecule has 3 atom stereocenters. The largest absolute Gasteiger partial charge is 0.463 e. The third-order valence-corrected chi connectivity index (χ3v) is 7.26. The number of carbonyl (C=O) groups excluding carboxylic acids is 5. The normalized spacial score (nSPS) is 24.4. The van der Waals surface area contributed by atoms with Crippen molar-refractivity contribution in [3.8, 4) is 0 Å². The van der Waals surface area contributed by atoms with Crippen LogP contribution in [0.3, 0.4) is 0 Å². The van der Waals surface area contributed by atoms with Crippen LogP contribution in [0, 0.1) is 11.8 Å². The predicted octanol–water partition coefficient (Wildman–Crippen LogP) is 2.03. The van der Waals surface area contributed by atoms with E-state index in [0.29, 0.717) is 12.8 Å². The lowest BCUT2D eigenvalue weighted by molar-refractivity contribution is -0.146. The Morgan fingerprint density at radius 3 is 2.44 bits per heavy atom. The highest BCUT2D eigenvalue weighted by Crippen LogP contribution is 2.38. The van der Waals surface area contributed by atoms with Gasteiger partial charge in [-0.1, -0.05) is 18.9 Å². The number of nitrogens with one attached hydrogen (secondary N) is 2. The second kappa shape index (κ2) is 10.4. The predicted molar refractivity (Wildman–Crippen MR) is 120 cm³/mol. The topological polar surface area (TPSA) is 131 Å². The Balaban J connectivity index is 1.42. The number of ether oxygens (including phenoxy) is 2. The number of fused-ring (bicyclic) bond motifs is 1. The van der Waals surface area contributed by atoms with E-state index in [2.05, 4.69) is 10.6 Å². The molecule has 1 saturated carbocycles. The van der Waals surface area contributed by atoms with E-state index in [4.69, 9.17) is 9.47 Å². The third-order valence-electron chi connectivity index (χ3n) is 6.33. The molecule has 0 aromatic carbocycles. The fourth-order valence-corrected chi connectivity index (χ4v) is 5.51. The number of amides is 4. The molecule has 3 aliphatic rings. The Morgan fingerprint density at radius 1 is 1.12 bits per heavy atom. The maximum atomic E-state index is 12.7. The summed E-state index contributed by atoms with van der Waals surface area (Å²) in [6.45, 7) is 1.42. The number of nitrogens with zero attached hydrogens (tertiary/aromatic N) is 1. The van der Waals surface area contributed by atoms with Crippen LogP contribution in [0.1, 0.15) is 49.9 Å². The minimum Gasteiger partial charge on any atom is -0.463 e. The van der Waals surface area contributed by atoms with Crippen molar-refractivity contribution in [1.82, 2.24) is 15.5 Å². The van der Waals surface area contributed by atoms with Gasteiger partial charge in [0.1, 0.15) is 6.61 Å². The SMILES string of the molecule is CCOC(=O)C1=C(COC(=O)CCN2C(=O)[C@H]3CCCC[C@H]3C2=O)NC(=O)N[C@@H]1c1cccs1. The summed E-state index contributed by atoms with van der Waals surface area (Å²) in [6, 6.07) is 2.32. The molecule has 4 rings (SSSR count). The molecular formula is C23H27N3O7S. The molecule has 3 heterocycles. The third kappa shape index (κ3) is 4.84. The molecule has 2 fully saturated rings. The molecule has 2 N–H and O–H groups in total. The number of hydrogen-bond donors (Lipinski definition) is 2. The Morgan fingerprint density at radius 2 is 1.82 bits per heavy atom. The lowest BCUT2D eigenvalue weighted by Crippen LogP contribution is -2.47. The van der Waals surface area contributed by atoms with Crippen LogP contribution >= 0.6 is 11.3 Å². The highest BCUT2D eigenvalue weighted by atomic mass is 32.1. The Labute approximate surface area is 200 Å².